The number of nitrogens with one attached hydrogen (secondary N) is 2. The highest BCUT2D eigenvalue weighted by Gasteiger charge is 2.25. The number of hydrogen-bond acceptors (Lipinski definition) is 8. The van der Waals surface area contributed by atoms with E-state index in [0.29, 0.717) is 6.54 Å². The minimum atomic E-state index is -0.757. The van der Waals surface area contributed by atoms with Crippen LogP contribution in [0.1, 0.15) is 26.5 Å². The minimum Gasteiger partial charge on any atom is -0.464 e. The molecule has 1 atom stereocenters. The molecule has 0 bridgehead atoms. The predicted molar refractivity (Wildman–Crippen MR) is 77.3 cm³/mol. The Morgan fingerprint density at radius 2 is 2.10 bits per heavy atom. The largest absolute Gasteiger partial charge is 0.464 e. The van der Waals surface area contributed by atoms with Gasteiger partial charge in [0.2, 0.25) is 11.8 Å². The second-order valence-corrected chi connectivity index (χ2v) is 4.24. The Morgan fingerprint density at radius 3 is 2.62 bits per heavy atom. The molecule has 0 aliphatic heterocycles. The summed E-state index contributed by atoms with van der Waals surface area (Å²) < 4.78 is 4.85. The van der Waals surface area contributed by atoms with Crippen LogP contribution in [0.15, 0.2) is 0 Å². The minimum absolute atomic E-state index is 0.0102. The van der Waals surface area contributed by atoms with Crippen molar-refractivity contribution in [1.82, 2.24) is 9.97 Å². The summed E-state index contributed by atoms with van der Waals surface area (Å²) in [6.45, 7) is 7.41. The molecule has 0 amide bonds. The summed E-state index contributed by atoms with van der Waals surface area (Å²) in [5.74, 6) is -0.253. The van der Waals surface area contributed by atoms with Gasteiger partial charge in [0, 0.05) is 6.54 Å². The number of nitrogens with zero attached hydrogens (tertiary/aromatic N) is 3. The van der Waals surface area contributed by atoms with Gasteiger partial charge >= 0.3 is 11.7 Å². The Bertz CT molecular complexity index is 535. The van der Waals surface area contributed by atoms with Gasteiger partial charge in [-0.1, -0.05) is 0 Å². The second kappa shape index (κ2) is 7.36. The molecule has 116 valence electrons. The SMILES string of the molecule is CCNc1nc(C)c([N+](=O)[O-])c(NC(C)C(=O)OCC)n1. The van der Waals surface area contributed by atoms with Crippen molar-refractivity contribution < 1.29 is 14.5 Å². The topological polar surface area (TPSA) is 119 Å². The molecule has 0 aliphatic rings. The lowest BCUT2D eigenvalue weighted by Crippen LogP contribution is -2.29. The molecule has 0 radical (unpaired) electrons. The molecule has 9 heteroatoms. The average molecular weight is 297 g/mol. The Labute approximate surface area is 122 Å². The summed E-state index contributed by atoms with van der Waals surface area (Å²) in [5, 5.41) is 16.7. The summed E-state index contributed by atoms with van der Waals surface area (Å²) in [6.07, 6.45) is 0. The summed E-state index contributed by atoms with van der Waals surface area (Å²) in [5.41, 5.74) is -0.0442. The molecule has 2 N–H and O–H groups in total. The van der Waals surface area contributed by atoms with Gasteiger partial charge in [0.25, 0.3) is 0 Å². The van der Waals surface area contributed by atoms with Crippen LogP contribution in [0.25, 0.3) is 0 Å². The molecule has 1 rings (SSSR count). The van der Waals surface area contributed by atoms with Gasteiger partial charge in [-0.3, -0.25) is 10.1 Å². The zero-order valence-electron chi connectivity index (χ0n) is 12.5. The first-order valence-corrected chi connectivity index (χ1v) is 6.60. The molecule has 1 heterocycles. The maximum Gasteiger partial charge on any atom is 0.332 e. The lowest BCUT2D eigenvalue weighted by molar-refractivity contribution is -0.385. The maximum atomic E-state index is 11.6. The van der Waals surface area contributed by atoms with Crippen molar-refractivity contribution in [1.29, 1.82) is 0 Å². The number of aryl methyl sites for hydroxylation is 1. The highest BCUT2D eigenvalue weighted by Crippen LogP contribution is 2.27. The first kappa shape index (κ1) is 16.6. The van der Waals surface area contributed by atoms with Crippen LogP contribution in [0.4, 0.5) is 17.5 Å². The van der Waals surface area contributed by atoms with Gasteiger partial charge in [-0.25, -0.2) is 9.78 Å². The average Bonchev–Trinajstić information content (AvgIpc) is 2.38. The predicted octanol–water partition coefficient (Wildman–Crippen LogP) is 1.49. The summed E-state index contributed by atoms with van der Waals surface area (Å²) in [4.78, 5) is 30.2. The van der Waals surface area contributed by atoms with Crippen LogP contribution in [0.5, 0.6) is 0 Å². The van der Waals surface area contributed by atoms with E-state index in [1.807, 2.05) is 6.92 Å². The third-order valence-corrected chi connectivity index (χ3v) is 2.57. The number of anilines is 2. The van der Waals surface area contributed by atoms with Crippen LogP contribution in [0, 0.1) is 17.0 Å². The summed E-state index contributed by atoms with van der Waals surface area (Å²) in [6, 6.07) is -0.757. The van der Waals surface area contributed by atoms with E-state index in [1.54, 1.807) is 13.8 Å². The van der Waals surface area contributed by atoms with E-state index in [2.05, 4.69) is 20.6 Å². The van der Waals surface area contributed by atoms with Gasteiger partial charge in [-0.15, -0.1) is 0 Å². The highest BCUT2D eigenvalue weighted by atomic mass is 16.6. The maximum absolute atomic E-state index is 11.6. The van der Waals surface area contributed by atoms with Crippen molar-refractivity contribution in [3.05, 3.63) is 15.8 Å². The Hall–Kier alpha value is -2.45. The zero-order valence-corrected chi connectivity index (χ0v) is 12.5. The van der Waals surface area contributed by atoms with E-state index in [4.69, 9.17) is 4.74 Å². The number of nitro groups is 1. The lowest BCUT2D eigenvalue weighted by atomic mass is 10.3. The molecular weight excluding hydrogens is 278 g/mol. The Kier molecular flexibility index (Phi) is 5.82. The monoisotopic (exact) mass is 297 g/mol. The second-order valence-electron chi connectivity index (χ2n) is 4.24. The lowest BCUT2D eigenvalue weighted by Gasteiger charge is -2.14. The molecule has 0 saturated carbocycles. The van der Waals surface area contributed by atoms with Gasteiger partial charge in [0.05, 0.1) is 11.5 Å². The third kappa shape index (κ3) is 4.26. The smallest absolute Gasteiger partial charge is 0.332 e. The van der Waals surface area contributed by atoms with Crippen molar-refractivity contribution in [3.63, 3.8) is 0 Å². The van der Waals surface area contributed by atoms with Crippen molar-refractivity contribution in [2.24, 2.45) is 0 Å². The van der Waals surface area contributed by atoms with E-state index < -0.39 is 16.9 Å². The van der Waals surface area contributed by atoms with E-state index in [-0.39, 0.29) is 29.8 Å². The van der Waals surface area contributed by atoms with Gasteiger partial charge in [-0.05, 0) is 27.7 Å². The fourth-order valence-corrected chi connectivity index (χ4v) is 1.65. The molecule has 0 aliphatic carbocycles. The zero-order chi connectivity index (χ0) is 16.0. The van der Waals surface area contributed by atoms with Crippen molar-refractivity contribution >= 4 is 23.4 Å². The van der Waals surface area contributed by atoms with Crippen molar-refractivity contribution in [3.8, 4) is 0 Å². The van der Waals surface area contributed by atoms with E-state index >= 15 is 0 Å². The molecule has 1 aromatic rings. The van der Waals surface area contributed by atoms with Crippen molar-refractivity contribution in [2.45, 2.75) is 33.7 Å². The molecular formula is C12H19N5O4. The first-order valence-electron chi connectivity index (χ1n) is 6.60. The standard InChI is InChI=1S/C12H19N5O4/c1-5-13-12-15-7(3)9(17(19)20)10(16-12)14-8(4)11(18)21-6-2/h8H,5-6H2,1-4H3,(H2,13,14,15,16). The van der Waals surface area contributed by atoms with E-state index in [1.165, 1.54) is 6.92 Å². The Balaban J connectivity index is 3.12. The van der Waals surface area contributed by atoms with Crippen LogP contribution in [-0.2, 0) is 9.53 Å². The first-order chi connectivity index (χ1) is 9.90. The number of carbonyl (C=O) groups is 1. The molecule has 1 unspecified atom stereocenters. The molecule has 0 fully saturated rings. The van der Waals surface area contributed by atoms with Crippen LogP contribution >= 0.6 is 0 Å². The molecule has 9 nitrogen and oxygen atoms in total. The van der Waals surface area contributed by atoms with Gasteiger partial charge < -0.3 is 15.4 Å². The number of carbonyl (C=O) groups excluding carboxylic acids is 1. The molecule has 0 spiro atoms. The quantitative estimate of drug-likeness (QED) is 0.441. The summed E-state index contributed by atoms with van der Waals surface area (Å²) in [7, 11) is 0. The van der Waals surface area contributed by atoms with Gasteiger partial charge in [0.15, 0.2) is 0 Å². The number of esters is 1. The van der Waals surface area contributed by atoms with Crippen LogP contribution in [-0.4, -0.2) is 40.1 Å². The number of ether oxygens (including phenoxy) is 1. The van der Waals surface area contributed by atoms with E-state index in [0.717, 1.165) is 0 Å². The fraction of sp³-hybridized carbons (Fsp3) is 0.583. The molecule has 21 heavy (non-hydrogen) atoms. The molecule has 1 aromatic heterocycles. The fourth-order valence-electron chi connectivity index (χ4n) is 1.65. The molecule has 0 aromatic carbocycles. The number of hydrogen-bond donors (Lipinski definition) is 2. The third-order valence-electron chi connectivity index (χ3n) is 2.57. The normalized spacial score (nSPS) is 11.6. The van der Waals surface area contributed by atoms with Crippen LogP contribution in [0.3, 0.4) is 0 Å². The number of rotatable bonds is 7. The van der Waals surface area contributed by atoms with Crippen LogP contribution < -0.4 is 10.6 Å². The van der Waals surface area contributed by atoms with Gasteiger partial charge in [-0.2, -0.15) is 4.98 Å². The molecule has 0 saturated heterocycles. The van der Waals surface area contributed by atoms with Crippen LogP contribution in [0.2, 0.25) is 0 Å². The van der Waals surface area contributed by atoms with Crippen molar-refractivity contribution in [2.75, 3.05) is 23.8 Å². The van der Waals surface area contributed by atoms with E-state index in [9.17, 15) is 14.9 Å². The Morgan fingerprint density at radius 1 is 1.43 bits per heavy atom. The highest BCUT2D eigenvalue weighted by molar-refractivity contribution is 5.79. The number of aromatic nitrogens is 2. The summed E-state index contributed by atoms with van der Waals surface area (Å²) >= 11 is 0. The van der Waals surface area contributed by atoms with Gasteiger partial charge in [0.1, 0.15) is 11.7 Å².